The minimum Gasteiger partial charge on any atom is -0.366 e. The van der Waals surface area contributed by atoms with E-state index in [1.54, 1.807) is 10.9 Å². The Morgan fingerprint density at radius 1 is 1.36 bits per heavy atom. The average Bonchev–Trinajstić information content (AvgIpc) is 3.14. The van der Waals surface area contributed by atoms with Gasteiger partial charge in [0.25, 0.3) is 5.89 Å². The predicted octanol–water partition coefficient (Wildman–Crippen LogP) is 2.60. The van der Waals surface area contributed by atoms with Crippen LogP contribution in [0.15, 0.2) is 35.2 Å². The number of nitrogens with one attached hydrogen (secondary N) is 1. The summed E-state index contributed by atoms with van der Waals surface area (Å²) in [5.74, 6) is 2.21. The van der Waals surface area contributed by atoms with E-state index < -0.39 is 0 Å². The van der Waals surface area contributed by atoms with Gasteiger partial charge in [0.1, 0.15) is 5.82 Å². The molecule has 1 N–H and O–H groups in total. The van der Waals surface area contributed by atoms with Crippen molar-refractivity contribution >= 4 is 5.82 Å². The molecule has 3 aromatic heterocycles. The van der Waals surface area contributed by atoms with Gasteiger partial charge in [0.2, 0.25) is 0 Å². The molecule has 0 unspecified atom stereocenters. The van der Waals surface area contributed by atoms with Crippen LogP contribution < -0.4 is 5.32 Å². The van der Waals surface area contributed by atoms with Crippen molar-refractivity contribution in [3.8, 4) is 11.5 Å². The average molecular weight is 298 g/mol. The van der Waals surface area contributed by atoms with E-state index in [1.807, 2.05) is 45.4 Å². The smallest absolute Gasteiger partial charge is 0.258 e. The second kappa shape index (κ2) is 5.97. The Hall–Kier alpha value is -2.70. The largest absolute Gasteiger partial charge is 0.366 e. The Morgan fingerprint density at radius 3 is 2.91 bits per heavy atom. The van der Waals surface area contributed by atoms with E-state index >= 15 is 0 Å². The maximum absolute atomic E-state index is 5.30. The Morgan fingerprint density at radius 2 is 2.23 bits per heavy atom. The molecule has 22 heavy (non-hydrogen) atoms. The van der Waals surface area contributed by atoms with E-state index in [4.69, 9.17) is 4.52 Å². The second-order valence-electron chi connectivity index (χ2n) is 5.42. The molecule has 0 spiro atoms. The highest BCUT2D eigenvalue weighted by Gasteiger charge is 2.12. The van der Waals surface area contributed by atoms with Crippen LogP contribution in [0.1, 0.15) is 31.2 Å². The van der Waals surface area contributed by atoms with Gasteiger partial charge in [-0.3, -0.25) is 4.68 Å². The number of aromatic nitrogens is 5. The van der Waals surface area contributed by atoms with Crippen LogP contribution in [0.25, 0.3) is 11.5 Å². The summed E-state index contributed by atoms with van der Waals surface area (Å²) in [5, 5.41) is 11.4. The van der Waals surface area contributed by atoms with E-state index in [0.29, 0.717) is 18.3 Å². The zero-order chi connectivity index (χ0) is 15.5. The highest BCUT2D eigenvalue weighted by molar-refractivity contribution is 5.57. The first kappa shape index (κ1) is 14.2. The van der Waals surface area contributed by atoms with Gasteiger partial charge in [-0.15, -0.1) is 0 Å². The van der Waals surface area contributed by atoms with Gasteiger partial charge in [0, 0.05) is 43.0 Å². The lowest BCUT2D eigenvalue weighted by molar-refractivity contribution is 0.419. The third-order valence-corrected chi connectivity index (χ3v) is 3.20. The third-order valence-electron chi connectivity index (χ3n) is 3.20. The Kier molecular flexibility index (Phi) is 3.86. The van der Waals surface area contributed by atoms with Gasteiger partial charge in [-0.05, 0) is 12.1 Å². The van der Waals surface area contributed by atoms with Crippen molar-refractivity contribution in [1.29, 1.82) is 0 Å². The summed E-state index contributed by atoms with van der Waals surface area (Å²) >= 11 is 0. The SMILES string of the molecule is CC(C)c1noc(-c2ccnc(NCc3cnn(C)c3)c2)n1. The normalized spacial score (nSPS) is 11.1. The van der Waals surface area contributed by atoms with Crippen LogP contribution in [0, 0.1) is 0 Å². The summed E-state index contributed by atoms with van der Waals surface area (Å²) in [6.45, 7) is 4.72. The molecule has 0 saturated heterocycles. The maximum Gasteiger partial charge on any atom is 0.258 e. The first-order valence-electron chi connectivity index (χ1n) is 7.13. The molecule has 0 radical (unpaired) electrons. The van der Waals surface area contributed by atoms with Crippen LogP contribution in [0.5, 0.6) is 0 Å². The Labute approximate surface area is 128 Å². The lowest BCUT2D eigenvalue weighted by atomic mass is 10.2. The van der Waals surface area contributed by atoms with Crippen molar-refractivity contribution in [1.82, 2.24) is 24.9 Å². The summed E-state index contributed by atoms with van der Waals surface area (Å²) < 4.78 is 7.07. The van der Waals surface area contributed by atoms with E-state index in [2.05, 4.69) is 25.5 Å². The number of nitrogens with zero attached hydrogens (tertiary/aromatic N) is 5. The number of hydrogen-bond donors (Lipinski definition) is 1. The molecule has 0 fully saturated rings. The molecule has 0 aromatic carbocycles. The van der Waals surface area contributed by atoms with Gasteiger partial charge in [-0.1, -0.05) is 19.0 Å². The van der Waals surface area contributed by atoms with Crippen molar-refractivity contribution in [3.05, 3.63) is 42.1 Å². The van der Waals surface area contributed by atoms with E-state index in [1.165, 1.54) is 0 Å². The lowest BCUT2D eigenvalue weighted by Gasteiger charge is -2.04. The molecule has 3 rings (SSSR count). The molecule has 0 aliphatic heterocycles. The van der Waals surface area contributed by atoms with Crippen LogP contribution in [0.4, 0.5) is 5.82 Å². The van der Waals surface area contributed by atoms with E-state index in [0.717, 1.165) is 16.9 Å². The molecule has 7 nitrogen and oxygen atoms in total. The van der Waals surface area contributed by atoms with Crippen LogP contribution in [-0.4, -0.2) is 24.9 Å². The first-order chi connectivity index (χ1) is 10.6. The quantitative estimate of drug-likeness (QED) is 0.779. The number of rotatable bonds is 5. The highest BCUT2D eigenvalue weighted by Crippen LogP contribution is 2.21. The minimum absolute atomic E-state index is 0.238. The molecule has 0 saturated carbocycles. The van der Waals surface area contributed by atoms with Gasteiger partial charge in [0.05, 0.1) is 6.20 Å². The number of pyridine rings is 1. The molecule has 114 valence electrons. The summed E-state index contributed by atoms with van der Waals surface area (Å²) in [5.41, 5.74) is 1.94. The van der Waals surface area contributed by atoms with Crippen molar-refractivity contribution in [2.24, 2.45) is 7.05 Å². The van der Waals surface area contributed by atoms with Crippen molar-refractivity contribution < 1.29 is 4.52 Å². The molecule has 7 heteroatoms. The molecule has 0 amide bonds. The number of anilines is 1. The lowest BCUT2D eigenvalue weighted by Crippen LogP contribution is -2.00. The van der Waals surface area contributed by atoms with Crippen LogP contribution in [0.2, 0.25) is 0 Å². The topological polar surface area (TPSA) is 81.7 Å². The number of hydrogen-bond acceptors (Lipinski definition) is 6. The summed E-state index contributed by atoms with van der Waals surface area (Å²) in [7, 11) is 1.89. The molecular weight excluding hydrogens is 280 g/mol. The van der Waals surface area contributed by atoms with E-state index in [-0.39, 0.29) is 5.92 Å². The molecule has 0 bridgehead atoms. The fourth-order valence-electron chi connectivity index (χ4n) is 2.00. The van der Waals surface area contributed by atoms with Crippen molar-refractivity contribution in [2.75, 3.05) is 5.32 Å². The minimum atomic E-state index is 0.238. The Balaban J connectivity index is 1.74. The van der Waals surface area contributed by atoms with Crippen LogP contribution >= 0.6 is 0 Å². The van der Waals surface area contributed by atoms with Gasteiger partial charge >= 0.3 is 0 Å². The summed E-state index contributed by atoms with van der Waals surface area (Å²) in [6.07, 6.45) is 5.51. The van der Waals surface area contributed by atoms with Gasteiger partial charge < -0.3 is 9.84 Å². The monoisotopic (exact) mass is 298 g/mol. The molecule has 3 heterocycles. The zero-order valence-corrected chi connectivity index (χ0v) is 12.8. The fraction of sp³-hybridized carbons (Fsp3) is 0.333. The number of aryl methyl sites for hydroxylation is 1. The zero-order valence-electron chi connectivity index (χ0n) is 12.8. The molecule has 3 aromatic rings. The Bertz CT molecular complexity index is 761. The molecular formula is C15H18N6O. The van der Waals surface area contributed by atoms with E-state index in [9.17, 15) is 0 Å². The molecule has 0 atom stereocenters. The predicted molar refractivity (Wildman–Crippen MR) is 82.2 cm³/mol. The first-order valence-corrected chi connectivity index (χ1v) is 7.13. The summed E-state index contributed by atoms with van der Waals surface area (Å²) in [4.78, 5) is 8.70. The van der Waals surface area contributed by atoms with Gasteiger partial charge in [-0.25, -0.2) is 4.98 Å². The fourth-order valence-corrected chi connectivity index (χ4v) is 2.00. The second-order valence-corrected chi connectivity index (χ2v) is 5.42. The highest BCUT2D eigenvalue weighted by atomic mass is 16.5. The van der Waals surface area contributed by atoms with Crippen LogP contribution in [-0.2, 0) is 13.6 Å². The maximum atomic E-state index is 5.30. The third kappa shape index (κ3) is 3.13. The van der Waals surface area contributed by atoms with Crippen LogP contribution in [0.3, 0.4) is 0 Å². The summed E-state index contributed by atoms with van der Waals surface area (Å²) in [6, 6.07) is 3.75. The van der Waals surface area contributed by atoms with Crippen molar-refractivity contribution in [2.45, 2.75) is 26.3 Å². The molecule has 0 aliphatic rings. The van der Waals surface area contributed by atoms with Gasteiger partial charge in [0.15, 0.2) is 5.82 Å². The standard InChI is InChI=1S/C15H18N6O/c1-10(2)14-19-15(22-20-14)12-4-5-16-13(6-12)17-7-11-8-18-21(3)9-11/h4-6,8-10H,7H2,1-3H3,(H,16,17). The molecule has 0 aliphatic carbocycles. The van der Waals surface area contributed by atoms with Gasteiger partial charge in [-0.2, -0.15) is 10.1 Å². The van der Waals surface area contributed by atoms with Crippen molar-refractivity contribution in [3.63, 3.8) is 0 Å².